The molecule has 0 bridgehead atoms. The van der Waals surface area contributed by atoms with E-state index in [9.17, 15) is 0 Å². The van der Waals surface area contributed by atoms with Gasteiger partial charge in [-0.1, -0.05) is 54.5 Å². The van der Waals surface area contributed by atoms with E-state index >= 15 is 0 Å². The Bertz CT molecular complexity index is 829. The van der Waals surface area contributed by atoms with Crippen LogP contribution in [-0.2, 0) is 19.2 Å². The zero-order valence-electron chi connectivity index (χ0n) is 13.7. The van der Waals surface area contributed by atoms with Gasteiger partial charge in [0.05, 0.1) is 10.8 Å². The van der Waals surface area contributed by atoms with Crippen LogP contribution in [0.4, 0.5) is 0 Å². The summed E-state index contributed by atoms with van der Waals surface area (Å²) in [5.74, 6) is 3.13. The van der Waals surface area contributed by atoms with Crippen molar-refractivity contribution in [3.63, 3.8) is 0 Å². The second-order valence-corrected chi connectivity index (χ2v) is 7.19. The van der Waals surface area contributed by atoms with Crippen molar-refractivity contribution in [1.82, 2.24) is 24.9 Å². The average Bonchev–Trinajstić information content (AvgIpc) is 3.12. The molecule has 24 heavy (non-hydrogen) atoms. The summed E-state index contributed by atoms with van der Waals surface area (Å²) in [5, 5.41) is 13.9. The summed E-state index contributed by atoms with van der Waals surface area (Å²) in [6.45, 7) is 4.25. The standard InChI is InChI=1S/C16H18ClN5OS/c1-10(2)8-13-18-14(23-21-13)9-24-16-20-19-15(22(16)3)11-6-4-5-7-12(11)17/h4-7,10H,8-9H2,1-3H3. The predicted octanol–water partition coefficient (Wildman–Crippen LogP) is 4.01. The highest BCUT2D eigenvalue weighted by Gasteiger charge is 2.15. The Kier molecular flexibility index (Phi) is 5.20. The van der Waals surface area contributed by atoms with Crippen LogP contribution in [0.1, 0.15) is 25.6 Å². The predicted molar refractivity (Wildman–Crippen MR) is 93.9 cm³/mol. The third-order valence-corrected chi connectivity index (χ3v) is 4.71. The second kappa shape index (κ2) is 7.36. The maximum absolute atomic E-state index is 6.24. The maximum atomic E-state index is 6.24. The highest BCUT2D eigenvalue weighted by molar-refractivity contribution is 7.98. The molecule has 0 aliphatic carbocycles. The molecule has 0 atom stereocenters. The number of benzene rings is 1. The van der Waals surface area contributed by atoms with Crippen molar-refractivity contribution in [3.05, 3.63) is 41.0 Å². The van der Waals surface area contributed by atoms with Gasteiger partial charge in [-0.15, -0.1) is 10.2 Å². The van der Waals surface area contributed by atoms with Gasteiger partial charge >= 0.3 is 0 Å². The van der Waals surface area contributed by atoms with Gasteiger partial charge in [-0.3, -0.25) is 0 Å². The van der Waals surface area contributed by atoms with E-state index in [2.05, 4.69) is 34.2 Å². The first-order valence-electron chi connectivity index (χ1n) is 7.63. The molecule has 0 aliphatic rings. The quantitative estimate of drug-likeness (QED) is 0.616. The first-order chi connectivity index (χ1) is 11.5. The molecule has 126 valence electrons. The third kappa shape index (κ3) is 3.79. The van der Waals surface area contributed by atoms with Crippen molar-refractivity contribution >= 4 is 23.4 Å². The fourth-order valence-electron chi connectivity index (χ4n) is 2.24. The lowest BCUT2D eigenvalue weighted by Crippen LogP contribution is -1.97. The Labute approximate surface area is 149 Å². The van der Waals surface area contributed by atoms with Gasteiger partial charge in [-0.2, -0.15) is 4.98 Å². The van der Waals surface area contributed by atoms with Crippen molar-refractivity contribution in [2.24, 2.45) is 13.0 Å². The largest absolute Gasteiger partial charge is 0.338 e. The summed E-state index contributed by atoms with van der Waals surface area (Å²) in [6, 6.07) is 7.59. The number of thioether (sulfide) groups is 1. The highest BCUT2D eigenvalue weighted by atomic mass is 35.5. The van der Waals surface area contributed by atoms with Crippen molar-refractivity contribution < 1.29 is 4.52 Å². The zero-order chi connectivity index (χ0) is 17.1. The number of hydrogen-bond acceptors (Lipinski definition) is 6. The molecule has 0 fully saturated rings. The molecule has 0 amide bonds. The summed E-state index contributed by atoms with van der Waals surface area (Å²) in [4.78, 5) is 4.40. The Hall–Kier alpha value is -1.86. The van der Waals surface area contributed by atoms with E-state index < -0.39 is 0 Å². The molecule has 3 rings (SSSR count). The lowest BCUT2D eigenvalue weighted by atomic mass is 10.1. The second-order valence-electron chi connectivity index (χ2n) is 5.84. The lowest BCUT2D eigenvalue weighted by molar-refractivity contribution is 0.382. The van der Waals surface area contributed by atoms with Gasteiger partial charge in [0.1, 0.15) is 0 Å². The molecule has 0 aliphatic heterocycles. The first kappa shape index (κ1) is 17.0. The molecule has 1 aromatic carbocycles. The SMILES string of the molecule is CC(C)Cc1noc(CSc2nnc(-c3ccccc3Cl)n2C)n1. The zero-order valence-corrected chi connectivity index (χ0v) is 15.3. The molecule has 6 nitrogen and oxygen atoms in total. The van der Waals surface area contributed by atoms with Gasteiger partial charge in [0.2, 0.25) is 5.89 Å². The molecule has 2 heterocycles. The summed E-state index contributed by atoms with van der Waals surface area (Å²) in [5.41, 5.74) is 0.859. The molecule has 0 saturated heterocycles. The number of rotatable bonds is 6. The molecule has 0 radical (unpaired) electrons. The monoisotopic (exact) mass is 363 g/mol. The third-order valence-electron chi connectivity index (χ3n) is 3.38. The molecule has 3 aromatic rings. The Balaban J connectivity index is 1.71. The Morgan fingerprint density at radius 2 is 2.04 bits per heavy atom. The van der Waals surface area contributed by atoms with E-state index in [1.807, 2.05) is 35.9 Å². The van der Waals surface area contributed by atoms with Crippen molar-refractivity contribution in [2.45, 2.75) is 31.2 Å². The van der Waals surface area contributed by atoms with E-state index in [1.165, 1.54) is 11.8 Å². The number of halogens is 1. The molecule has 0 unspecified atom stereocenters. The summed E-state index contributed by atoms with van der Waals surface area (Å²) in [7, 11) is 1.92. The van der Waals surface area contributed by atoms with Crippen molar-refractivity contribution in [3.8, 4) is 11.4 Å². The van der Waals surface area contributed by atoms with Crippen molar-refractivity contribution in [1.29, 1.82) is 0 Å². The molecule has 0 N–H and O–H groups in total. The topological polar surface area (TPSA) is 69.6 Å². The van der Waals surface area contributed by atoms with E-state index in [1.54, 1.807) is 0 Å². The smallest absolute Gasteiger partial charge is 0.237 e. The molecule has 2 aromatic heterocycles. The minimum Gasteiger partial charge on any atom is -0.338 e. The maximum Gasteiger partial charge on any atom is 0.237 e. The van der Waals surface area contributed by atoms with Crippen LogP contribution in [0, 0.1) is 5.92 Å². The minimum atomic E-state index is 0.500. The van der Waals surface area contributed by atoms with Crippen molar-refractivity contribution in [2.75, 3.05) is 0 Å². The fourth-order valence-corrected chi connectivity index (χ4v) is 3.21. The fraction of sp³-hybridized carbons (Fsp3) is 0.375. The van der Waals surface area contributed by atoms with Crippen LogP contribution in [0.25, 0.3) is 11.4 Å². The Morgan fingerprint density at radius 1 is 1.25 bits per heavy atom. The van der Waals surface area contributed by atoms with Gasteiger partial charge in [-0.25, -0.2) is 0 Å². The van der Waals surface area contributed by atoms with Crippen LogP contribution in [-0.4, -0.2) is 24.9 Å². The van der Waals surface area contributed by atoms with Crippen LogP contribution >= 0.6 is 23.4 Å². The van der Waals surface area contributed by atoms with E-state index in [0.29, 0.717) is 22.6 Å². The van der Waals surface area contributed by atoms with Crippen LogP contribution in [0.15, 0.2) is 33.9 Å². The molecular formula is C16H18ClN5OS. The van der Waals surface area contributed by atoms with Crippen LogP contribution in [0.5, 0.6) is 0 Å². The van der Waals surface area contributed by atoms with Gasteiger partial charge in [0.25, 0.3) is 0 Å². The average molecular weight is 364 g/mol. The lowest BCUT2D eigenvalue weighted by Gasteiger charge is -2.04. The summed E-state index contributed by atoms with van der Waals surface area (Å²) >= 11 is 7.74. The summed E-state index contributed by atoms with van der Waals surface area (Å²) in [6.07, 6.45) is 0.814. The van der Waals surface area contributed by atoms with Crippen LogP contribution < -0.4 is 0 Å². The number of nitrogens with zero attached hydrogens (tertiary/aromatic N) is 5. The van der Waals surface area contributed by atoms with Crippen LogP contribution in [0.3, 0.4) is 0 Å². The molecule has 8 heteroatoms. The van der Waals surface area contributed by atoms with Crippen LogP contribution in [0.2, 0.25) is 5.02 Å². The van der Waals surface area contributed by atoms with E-state index in [0.717, 1.165) is 28.8 Å². The summed E-state index contributed by atoms with van der Waals surface area (Å²) < 4.78 is 7.19. The van der Waals surface area contributed by atoms with Gasteiger partial charge < -0.3 is 9.09 Å². The highest BCUT2D eigenvalue weighted by Crippen LogP contribution is 2.29. The normalized spacial score (nSPS) is 11.4. The Morgan fingerprint density at radius 3 is 2.79 bits per heavy atom. The van der Waals surface area contributed by atoms with Gasteiger partial charge in [0.15, 0.2) is 16.8 Å². The van der Waals surface area contributed by atoms with E-state index in [-0.39, 0.29) is 0 Å². The van der Waals surface area contributed by atoms with Gasteiger partial charge in [-0.05, 0) is 18.1 Å². The van der Waals surface area contributed by atoms with Gasteiger partial charge in [0, 0.05) is 19.0 Å². The molecular weight excluding hydrogens is 346 g/mol. The molecule has 0 saturated carbocycles. The number of aromatic nitrogens is 5. The number of hydrogen-bond donors (Lipinski definition) is 0. The molecule has 0 spiro atoms. The van der Waals surface area contributed by atoms with E-state index in [4.69, 9.17) is 16.1 Å². The minimum absolute atomic E-state index is 0.500. The first-order valence-corrected chi connectivity index (χ1v) is 8.99.